The number of nitrogens with zero attached hydrogens (tertiary/aromatic N) is 1. The van der Waals surface area contributed by atoms with Crippen molar-refractivity contribution in [2.45, 2.75) is 26.7 Å². The minimum absolute atomic E-state index is 1.07. The maximum Gasteiger partial charge on any atom is 0.0542 e. The number of rotatable bonds is 2. The van der Waals surface area contributed by atoms with Crippen LogP contribution in [0.15, 0.2) is 6.07 Å². The van der Waals surface area contributed by atoms with E-state index in [0.717, 1.165) is 12.8 Å². The highest BCUT2D eigenvalue weighted by Crippen LogP contribution is 2.10. The molecule has 0 aliphatic heterocycles. The minimum Gasteiger partial charge on any atom is -0.197 e. The smallest absolute Gasteiger partial charge is 0.0542 e. The zero-order valence-electron chi connectivity index (χ0n) is 5.85. The molecular weight excluding hydrogens is 130 g/mol. The van der Waals surface area contributed by atoms with Gasteiger partial charge in [-0.2, -0.15) is 4.37 Å². The minimum atomic E-state index is 1.07. The monoisotopic (exact) mass is 141 g/mol. The Kier molecular flexibility index (Phi) is 2.22. The zero-order valence-corrected chi connectivity index (χ0v) is 6.66. The first-order chi connectivity index (χ1) is 4.36. The van der Waals surface area contributed by atoms with Crippen LogP contribution in [0.4, 0.5) is 0 Å². The SMILES string of the molecule is CCc1cc(CC)sn1. The van der Waals surface area contributed by atoms with Gasteiger partial charge in [0.15, 0.2) is 0 Å². The second-order valence-electron chi connectivity index (χ2n) is 1.99. The fraction of sp³-hybridized carbons (Fsp3) is 0.571. The Morgan fingerprint density at radius 3 is 2.56 bits per heavy atom. The lowest BCUT2D eigenvalue weighted by atomic mass is 10.3. The molecule has 0 aliphatic carbocycles. The summed E-state index contributed by atoms with van der Waals surface area (Å²) >= 11 is 1.62. The average Bonchev–Trinajstić information content (AvgIpc) is 2.34. The van der Waals surface area contributed by atoms with Gasteiger partial charge in [0.05, 0.1) is 5.69 Å². The molecule has 50 valence electrons. The van der Waals surface area contributed by atoms with Gasteiger partial charge in [-0.15, -0.1) is 0 Å². The normalized spacial score (nSPS) is 10.0. The fourth-order valence-electron chi connectivity index (χ4n) is 0.689. The van der Waals surface area contributed by atoms with Crippen molar-refractivity contribution in [1.82, 2.24) is 4.37 Å². The third-order valence-electron chi connectivity index (χ3n) is 1.32. The maximum atomic E-state index is 4.25. The number of hydrogen-bond donors (Lipinski definition) is 0. The van der Waals surface area contributed by atoms with Crippen molar-refractivity contribution in [2.75, 3.05) is 0 Å². The highest BCUT2D eigenvalue weighted by molar-refractivity contribution is 7.05. The number of hydrogen-bond acceptors (Lipinski definition) is 2. The predicted octanol–water partition coefficient (Wildman–Crippen LogP) is 2.27. The van der Waals surface area contributed by atoms with Crippen LogP contribution in [-0.2, 0) is 12.8 Å². The molecule has 1 nitrogen and oxygen atoms in total. The summed E-state index contributed by atoms with van der Waals surface area (Å²) in [4.78, 5) is 1.40. The fourth-order valence-corrected chi connectivity index (χ4v) is 1.42. The molecule has 0 saturated heterocycles. The Morgan fingerprint density at radius 1 is 1.44 bits per heavy atom. The van der Waals surface area contributed by atoms with Crippen LogP contribution in [0.2, 0.25) is 0 Å². The Balaban J connectivity index is 2.74. The zero-order chi connectivity index (χ0) is 6.69. The van der Waals surface area contributed by atoms with Gasteiger partial charge in [0.2, 0.25) is 0 Å². The molecular formula is C7H11NS. The molecule has 1 aromatic heterocycles. The molecule has 1 aromatic rings. The number of aryl methyl sites for hydroxylation is 2. The highest BCUT2D eigenvalue weighted by atomic mass is 32.1. The summed E-state index contributed by atoms with van der Waals surface area (Å²) in [6, 6.07) is 2.19. The lowest BCUT2D eigenvalue weighted by Gasteiger charge is -1.80. The summed E-state index contributed by atoms with van der Waals surface area (Å²) in [5.74, 6) is 0. The first-order valence-corrected chi connectivity index (χ1v) is 4.08. The Hall–Kier alpha value is -0.370. The molecule has 0 unspecified atom stereocenters. The topological polar surface area (TPSA) is 12.9 Å². The molecule has 1 rings (SSSR count). The third kappa shape index (κ3) is 1.52. The summed E-state index contributed by atoms with van der Waals surface area (Å²) < 4.78 is 4.25. The first kappa shape index (κ1) is 6.75. The van der Waals surface area contributed by atoms with Crippen molar-refractivity contribution in [2.24, 2.45) is 0 Å². The molecule has 0 atom stereocenters. The van der Waals surface area contributed by atoms with Gasteiger partial charge in [-0.1, -0.05) is 13.8 Å². The average molecular weight is 141 g/mol. The lowest BCUT2D eigenvalue weighted by molar-refractivity contribution is 1.08. The Morgan fingerprint density at radius 2 is 2.22 bits per heavy atom. The third-order valence-corrected chi connectivity index (χ3v) is 2.29. The summed E-state index contributed by atoms with van der Waals surface area (Å²) in [6.07, 6.45) is 2.19. The van der Waals surface area contributed by atoms with Gasteiger partial charge in [-0.05, 0) is 30.4 Å². The van der Waals surface area contributed by atoms with Crippen molar-refractivity contribution < 1.29 is 0 Å². The van der Waals surface area contributed by atoms with Crippen molar-refractivity contribution in [3.05, 3.63) is 16.6 Å². The van der Waals surface area contributed by atoms with Crippen LogP contribution in [0.3, 0.4) is 0 Å². The molecule has 0 spiro atoms. The van der Waals surface area contributed by atoms with Crippen LogP contribution in [-0.4, -0.2) is 4.37 Å². The quantitative estimate of drug-likeness (QED) is 0.615. The Labute approximate surface area is 59.9 Å². The van der Waals surface area contributed by atoms with Crippen LogP contribution < -0.4 is 0 Å². The van der Waals surface area contributed by atoms with Crippen LogP contribution in [0.25, 0.3) is 0 Å². The van der Waals surface area contributed by atoms with Crippen LogP contribution in [0.1, 0.15) is 24.4 Å². The lowest BCUT2D eigenvalue weighted by Crippen LogP contribution is -1.74. The van der Waals surface area contributed by atoms with Crippen molar-refractivity contribution >= 4 is 11.5 Å². The molecule has 0 N–H and O–H groups in total. The molecule has 0 saturated carbocycles. The van der Waals surface area contributed by atoms with Gasteiger partial charge in [0.25, 0.3) is 0 Å². The van der Waals surface area contributed by atoms with E-state index in [4.69, 9.17) is 0 Å². The van der Waals surface area contributed by atoms with E-state index in [2.05, 4.69) is 24.3 Å². The van der Waals surface area contributed by atoms with E-state index in [-0.39, 0.29) is 0 Å². The summed E-state index contributed by atoms with van der Waals surface area (Å²) in [5.41, 5.74) is 1.23. The van der Waals surface area contributed by atoms with Crippen molar-refractivity contribution in [3.63, 3.8) is 0 Å². The van der Waals surface area contributed by atoms with Crippen molar-refractivity contribution in [3.8, 4) is 0 Å². The van der Waals surface area contributed by atoms with Gasteiger partial charge in [0, 0.05) is 4.88 Å². The predicted molar refractivity (Wildman–Crippen MR) is 40.9 cm³/mol. The van der Waals surface area contributed by atoms with E-state index in [9.17, 15) is 0 Å². The molecule has 2 heteroatoms. The molecule has 0 fully saturated rings. The molecule has 0 bridgehead atoms. The van der Waals surface area contributed by atoms with E-state index in [1.165, 1.54) is 10.6 Å². The molecule has 1 heterocycles. The van der Waals surface area contributed by atoms with Crippen LogP contribution in [0.5, 0.6) is 0 Å². The van der Waals surface area contributed by atoms with Gasteiger partial charge in [-0.3, -0.25) is 0 Å². The standard InChI is InChI=1S/C7H11NS/c1-3-6-5-7(4-2)9-8-6/h5H,3-4H2,1-2H3. The van der Waals surface area contributed by atoms with Gasteiger partial charge >= 0.3 is 0 Å². The van der Waals surface area contributed by atoms with Crippen LogP contribution in [0, 0.1) is 0 Å². The molecule has 0 amide bonds. The molecule has 9 heavy (non-hydrogen) atoms. The first-order valence-electron chi connectivity index (χ1n) is 3.31. The van der Waals surface area contributed by atoms with Gasteiger partial charge in [-0.25, -0.2) is 0 Å². The van der Waals surface area contributed by atoms with E-state index < -0.39 is 0 Å². The van der Waals surface area contributed by atoms with E-state index >= 15 is 0 Å². The largest absolute Gasteiger partial charge is 0.197 e. The summed E-state index contributed by atoms with van der Waals surface area (Å²) in [6.45, 7) is 4.29. The number of aromatic nitrogens is 1. The van der Waals surface area contributed by atoms with Gasteiger partial charge < -0.3 is 0 Å². The second kappa shape index (κ2) is 2.97. The molecule has 0 aromatic carbocycles. The highest BCUT2D eigenvalue weighted by Gasteiger charge is 1.95. The van der Waals surface area contributed by atoms with E-state index in [0.29, 0.717) is 0 Å². The summed E-state index contributed by atoms with van der Waals surface area (Å²) in [7, 11) is 0. The maximum absolute atomic E-state index is 4.25. The van der Waals surface area contributed by atoms with Gasteiger partial charge in [0.1, 0.15) is 0 Å². The molecule has 0 radical (unpaired) electrons. The van der Waals surface area contributed by atoms with E-state index in [1.54, 1.807) is 11.5 Å². The van der Waals surface area contributed by atoms with Crippen molar-refractivity contribution in [1.29, 1.82) is 0 Å². The Bertz CT molecular complexity index is 162. The van der Waals surface area contributed by atoms with E-state index in [1.807, 2.05) is 0 Å². The molecule has 0 aliphatic rings. The van der Waals surface area contributed by atoms with Crippen LogP contribution >= 0.6 is 11.5 Å². The summed E-state index contributed by atoms with van der Waals surface area (Å²) in [5, 5.41) is 0. The second-order valence-corrected chi connectivity index (χ2v) is 2.88.